The summed E-state index contributed by atoms with van der Waals surface area (Å²) in [4.78, 5) is 10.4. The van der Waals surface area contributed by atoms with Gasteiger partial charge in [-0.05, 0) is 38.0 Å². The third-order valence-corrected chi connectivity index (χ3v) is 2.31. The molecule has 0 radical (unpaired) electrons. The maximum Gasteiger partial charge on any atom is 0.303 e. The van der Waals surface area contributed by atoms with Gasteiger partial charge >= 0.3 is 5.97 Å². The quantitative estimate of drug-likeness (QED) is 0.810. The van der Waals surface area contributed by atoms with Crippen molar-refractivity contribution in [3.63, 3.8) is 0 Å². The minimum absolute atomic E-state index is 0.0626. The largest absolute Gasteiger partial charge is 0.481 e. The molecular weight excluding hydrogens is 209 g/mol. The average molecular weight is 225 g/mol. The number of aryl methyl sites for hydroxylation is 1. The van der Waals surface area contributed by atoms with E-state index in [4.69, 9.17) is 5.11 Å². The molecule has 16 heavy (non-hydrogen) atoms. The Morgan fingerprint density at radius 2 is 2.25 bits per heavy atom. The van der Waals surface area contributed by atoms with Crippen molar-refractivity contribution in [2.24, 2.45) is 0 Å². The van der Waals surface area contributed by atoms with E-state index < -0.39 is 5.97 Å². The van der Waals surface area contributed by atoms with Gasteiger partial charge in [-0.2, -0.15) is 0 Å². The second-order valence-electron chi connectivity index (χ2n) is 3.96. The maximum absolute atomic E-state index is 13.3. The minimum Gasteiger partial charge on any atom is -0.481 e. The zero-order chi connectivity index (χ0) is 12.1. The van der Waals surface area contributed by atoms with Gasteiger partial charge in [-0.1, -0.05) is 6.07 Å². The molecule has 88 valence electrons. The fourth-order valence-corrected chi connectivity index (χ4v) is 1.43. The second kappa shape index (κ2) is 5.49. The Balaban J connectivity index is 2.58. The number of nitrogens with one attached hydrogen (secondary N) is 1. The van der Waals surface area contributed by atoms with Gasteiger partial charge in [0.25, 0.3) is 0 Å². The van der Waals surface area contributed by atoms with Gasteiger partial charge in [0.2, 0.25) is 0 Å². The van der Waals surface area contributed by atoms with Gasteiger partial charge in [0, 0.05) is 12.5 Å². The number of benzene rings is 1. The summed E-state index contributed by atoms with van der Waals surface area (Å²) in [7, 11) is 0. The highest BCUT2D eigenvalue weighted by Gasteiger charge is 2.08. The van der Waals surface area contributed by atoms with Crippen molar-refractivity contribution in [1.82, 2.24) is 0 Å². The first-order chi connectivity index (χ1) is 7.49. The number of rotatable bonds is 5. The molecule has 1 aromatic carbocycles. The predicted molar refractivity (Wildman–Crippen MR) is 61.1 cm³/mol. The summed E-state index contributed by atoms with van der Waals surface area (Å²) in [6.07, 6.45) is 0.560. The number of carboxylic acids is 1. The number of aliphatic carboxylic acids is 1. The molecule has 0 saturated heterocycles. The van der Waals surface area contributed by atoms with E-state index in [2.05, 4.69) is 5.32 Å². The van der Waals surface area contributed by atoms with Crippen molar-refractivity contribution in [3.8, 4) is 0 Å². The van der Waals surface area contributed by atoms with Gasteiger partial charge < -0.3 is 10.4 Å². The standard InChI is InChI=1S/C12H16FNO2/c1-8-3-5-10(13)11(7-8)14-9(2)4-6-12(15)16/h3,5,7,9,14H,4,6H2,1-2H3,(H,15,16). The molecule has 0 spiro atoms. The fraction of sp³-hybridized carbons (Fsp3) is 0.417. The Hall–Kier alpha value is -1.58. The first kappa shape index (κ1) is 12.5. The Kier molecular flexibility index (Phi) is 4.28. The number of hydrogen-bond donors (Lipinski definition) is 2. The van der Waals surface area contributed by atoms with E-state index in [0.29, 0.717) is 12.1 Å². The van der Waals surface area contributed by atoms with Gasteiger partial charge in [-0.25, -0.2) is 4.39 Å². The molecule has 1 aromatic rings. The van der Waals surface area contributed by atoms with Crippen LogP contribution in [0.15, 0.2) is 18.2 Å². The lowest BCUT2D eigenvalue weighted by Crippen LogP contribution is -2.17. The maximum atomic E-state index is 13.3. The van der Waals surface area contributed by atoms with Gasteiger partial charge in [-0.3, -0.25) is 4.79 Å². The third-order valence-electron chi connectivity index (χ3n) is 2.31. The van der Waals surface area contributed by atoms with Crippen LogP contribution in [-0.4, -0.2) is 17.1 Å². The van der Waals surface area contributed by atoms with Crippen LogP contribution in [0.2, 0.25) is 0 Å². The van der Waals surface area contributed by atoms with Crippen LogP contribution in [0, 0.1) is 12.7 Å². The molecule has 0 bridgehead atoms. The first-order valence-corrected chi connectivity index (χ1v) is 5.23. The van der Waals surface area contributed by atoms with Gasteiger partial charge in [-0.15, -0.1) is 0 Å². The third kappa shape index (κ3) is 3.88. The average Bonchev–Trinajstić information content (AvgIpc) is 2.20. The lowest BCUT2D eigenvalue weighted by Gasteiger charge is -2.15. The first-order valence-electron chi connectivity index (χ1n) is 5.23. The molecule has 0 aliphatic heterocycles. The summed E-state index contributed by atoms with van der Waals surface area (Å²) < 4.78 is 13.3. The highest BCUT2D eigenvalue weighted by atomic mass is 19.1. The summed E-state index contributed by atoms with van der Waals surface area (Å²) in [6, 6.07) is 4.75. The summed E-state index contributed by atoms with van der Waals surface area (Å²) in [5.41, 5.74) is 1.40. The van der Waals surface area contributed by atoms with Crippen molar-refractivity contribution >= 4 is 11.7 Å². The molecule has 1 rings (SSSR count). The van der Waals surface area contributed by atoms with Gasteiger partial charge in [0.15, 0.2) is 0 Å². The van der Waals surface area contributed by atoms with Crippen LogP contribution in [0.4, 0.5) is 10.1 Å². The zero-order valence-corrected chi connectivity index (χ0v) is 9.46. The fourth-order valence-electron chi connectivity index (χ4n) is 1.43. The van der Waals surface area contributed by atoms with Crippen LogP contribution in [0.1, 0.15) is 25.3 Å². The van der Waals surface area contributed by atoms with Gasteiger partial charge in [0.05, 0.1) is 5.69 Å². The summed E-state index contributed by atoms with van der Waals surface area (Å²) >= 11 is 0. The molecule has 0 saturated carbocycles. The van der Waals surface area contributed by atoms with E-state index in [0.717, 1.165) is 5.56 Å². The van der Waals surface area contributed by atoms with E-state index in [1.165, 1.54) is 6.07 Å². The SMILES string of the molecule is Cc1ccc(F)c(NC(C)CCC(=O)O)c1. The summed E-state index contributed by atoms with van der Waals surface area (Å²) in [5, 5.41) is 11.5. The Morgan fingerprint density at radius 3 is 2.88 bits per heavy atom. The summed E-state index contributed by atoms with van der Waals surface area (Å²) in [5.74, 6) is -1.15. The Bertz CT molecular complexity index is 379. The normalized spacial score (nSPS) is 12.2. The minimum atomic E-state index is -0.835. The van der Waals surface area contributed by atoms with E-state index in [9.17, 15) is 9.18 Å². The molecule has 1 unspecified atom stereocenters. The van der Waals surface area contributed by atoms with Crippen LogP contribution in [0.3, 0.4) is 0 Å². The van der Waals surface area contributed by atoms with Crippen molar-refractivity contribution < 1.29 is 14.3 Å². The molecule has 0 aliphatic carbocycles. The number of carboxylic acid groups (broad SMARTS) is 1. The van der Waals surface area contributed by atoms with Crippen LogP contribution in [-0.2, 0) is 4.79 Å². The molecule has 0 heterocycles. The molecule has 1 atom stereocenters. The van der Waals surface area contributed by atoms with Crippen LogP contribution in [0.5, 0.6) is 0 Å². The van der Waals surface area contributed by atoms with E-state index >= 15 is 0 Å². The van der Waals surface area contributed by atoms with E-state index in [1.807, 2.05) is 13.8 Å². The number of carbonyl (C=O) groups is 1. The number of hydrogen-bond acceptors (Lipinski definition) is 2. The second-order valence-corrected chi connectivity index (χ2v) is 3.96. The molecule has 0 fully saturated rings. The lowest BCUT2D eigenvalue weighted by atomic mass is 10.1. The van der Waals surface area contributed by atoms with Crippen LogP contribution < -0.4 is 5.32 Å². The zero-order valence-electron chi connectivity index (χ0n) is 9.46. The highest BCUT2D eigenvalue weighted by Crippen LogP contribution is 2.17. The van der Waals surface area contributed by atoms with Crippen molar-refractivity contribution in [2.45, 2.75) is 32.7 Å². The molecule has 0 aromatic heterocycles. The molecule has 4 heteroatoms. The van der Waals surface area contributed by atoms with Crippen molar-refractivity contribution in [2.75, 3.05) is 5.32 Å². The van der Waals surface area contributed by atoms with Crippen LogP contribution >= 0.6 is 0 Å². The topological polar surface area (TPSA) is 49.3 Å². The Morgan fingerprint density at radius 1 is 1.56 bits per heavy atom. The Labute approximate surface area is 94.3 Å². The van der Waals surface area contributed by atoms with Gasteiger partial charge in [0.1, 0.15) is 5.82 Å². The molecular formula is C12H16FNO2. The molecule has 0 aliphatic rings. The number of halogens is 1. The number of anilines is 1. The smallest absolute Gasteiger partial charge is 0.303 e. The highest BCUT2D eigenvalue weighted by molar-refractivity contribution is 5.66. The monoisotopic (exact) mass is 225 g/mol. The lowest BCUT2D eigenvalue weighted by molar-refractivity contribution is -0.137. The summed E-state index contributed by atoms with van der Waals surface area (Å²) in [6.45, 7) is 3.72. The van der Waals surface area contributed by atoms with Crippen molar-refractivity contribution in [3.05, 3.63) is 29.6 Å². The predicted octanol–water partition coefficient (Wildman–Crippen LogP) is 2.80. The van der Waals surface area contributed by atoms with E-state index in [1.54, 1.807) is 12.1 Å². The molecule has 3 nitrogen and oxygen atoms in total. The molecule has 0 amide bonds. The van der Waals surface area contributed by atoms with Crippen LogP contribution in [0.25, 0.3) is 0 Å². The molecule has 2 N–H and O–H groups in total. The van der Waals surface area contributed by atoms with E-state index in [-0.39, 0.29) is 18.3 Å². The van der Waals surface area contributed by atoms with Crippen molar-refractivity contribution in [1.29, 1.82) is 0 Å².